The standard InChI is InChI=1S/C18H26ClN7O3S/c1-3-24(4-2)30(28,29)25-9-7-23(8-10-25)12-18(27)22-16-11-15(19)5-6-17(16)26-14-20-13-21-26/h5-6,11,13-14H,3-4,7-10,12H2,1-2H3,(H,22,27). The van der Waals surface area contributed by atoms with Gasteiger partial charge in [0.25, 0.3) is 10.2 Å². The zero-order valence-corrected chi connectivity index (χ0v) is 18.6. The Balaban J connectivity index is 1.59. The number of carbonyl (C=O) groups excluding carboxylic acids is 1. The molecule has 1 aromatic carbocycles. The van der Waals surface area contributed by atoms with Gasteiger partial charge >= 0.3 is 0 Å². The number of aromatic nitrogens is 3. The molecule has 1 saturated heterocycles. The molecule has 1 aliphatic rings. The van der Waals surface area contributed by atoms with Gasteiger partial charge in [0.2, 0.25) is 5.91 Å². The summed E-state index contributed by atoms with van der Waals surface area (Å²) in [7, 11) is -3.45. The molecule has 1 aliphatic heterocycles. The van der Waals surface area contributed by atoms with E-state index < -0.39 is 10.2 Å². The Labute approximate surface area is 181 Å². The van der Waals surface area contributed by atoms with Gasteiger partial charge in [0.1, 0.15) is 12.7 Å². The molecule has 1 fully saturated rings. The lowest BCUT2D eigenvalue weighted by atomic mass is 10.2. The Hall–Kier alpha value is -2.05. The van der Waals surface area contributed by atoms with Crippen molar-refractivity contribution in [2.24, 2.45) is 0 Å². The van der Waals surface area contributed by atoms with E-state index >= 15 is 0 Å². The summed E-state index contributed by atoms with van der Waals surface area (Å²) < 4.78 is 29.7. The van der Waals surface area contributed by atoms with E-state index in [1.807, 2.05) is 18.7 Å². The van der Waals surface area contributed by atoms with Crippen LogP contribution in [0.3, 0.4) is 0 Å². The maximum absolute atomic E-state index is 12.6. The molecule has 1 amide bonds. The first-order valence-electron chi connectivity index (χ1n) is 9.77. The number of hydrogen-bond acceptors (Lipinski definition) is 6. The van der Waals surface area contributed by atoms with E-state index in [0.29, 0.717) is 55.7 Å². The third kappa shape index (κ3) is 5.16. The highest BCUT2D eigenvalue weighted by molar-refractivity contribution is 7.86. The summed E-state index contributed by atoms with van der Waals surface area (Å²) in [4.78, 5) is 18.5. The third-order valence-corrected chi connectivity index (χ3v) is 7.38. The van der Waals surface area contributed by atoms with E-state index in [4.69, 9.17) is 11.6 Å². The van der Waals surface area contributed by atoms with Gasteiger partial charge in [0.15, 0.2) is 0 Å². The number of benzene rings is 1. The van der Waals surface area contributed by atoms with Crippen molar-refractivity contribution in [2.75, 3.05) is 51.1 Å². The zero-order chi connectivity index (χ0) is 21.7. The Kier molecular flexibility index (Phi) is 7.42. The second-order valence-corrected chi connectivity index (χ2v) is 9.18. The van der Waals surface area contributed by atoms with E-state index in [1.54, 1.807) is 22.9 Å². The van der Waals surface area contributed by atoms with Crippen LogP contribution in [0.25, 0.3) is 5.69 Å². The van der Waals surface area contributed by atoms with Crippen LogP contribution in [0.5, 0.6) is 0 Å². The highest BCUT2D eigenvalue weighted by Crippen LogP contribution is 2.24. The van der Waals surface area contributed by atoms with E-state index in [2.05, 4.69) is 15.4 Å². The summed E-state index contributed by atoms with van der Waals surface area (Å²) in [5.74, 6) is -0.210. The molecule has 1 aromatic heterocycles. The van der Waals surface area contributed by atoms with Crippen LogP contribution in [0, 0.1) is 0 Å². The molecule has 30 heavy (non-hydrogen) atoms. The van der Waals surface area contributed by atoms with Crippen LogP contribution in [-0.2, 0) is 15.0 Å². The first kappa shape index (κ1) is 22.6. The second kappa shape index (κ2) is 9.84. The zero-order valence-electron chi connectivity index (χ0n) is 17.0. The van der Waals surface area contributed by atoms with Crippen LogP contribution < -0.4 is 5.32 Å². The lowest BCUT2D eigenvalue weighted by molar-refractivity contribution is -0.117. The van der Waals surface area contributed by atoms with E-state index in [-0.39, 0.29) is 12.5 Å². The fourth-order valence-electron chi connectivity index (χ4n) is 3.37. The summed E-state index contributed by atoms with van der Waals surface area (Å²) >= 11 is 6.09. The number of hydrogen-bond donors (Lipinski definition) is 1. The maximum Gasteiger partial charge on any atom is 0.282 e. The molecule has 0 spiro atoms. The first-order chi connectivity index (χ1) is 14.3. The maximum atomic E-state index is 12.6. The molecule has 0 aliphatic carbocycles. The molecule has 3 rings (SSSR count). The normalized spacial score (nSPS) is 16.1. The summed E-state index contributed by atoms with van der Waals surface area (Å²) in [6.45, 7) is 6.36. The number of nitrogens with one attached hydrogen (secondary N) is 1. The number of halogens is 1. The van der Waals surface area contributed by atoms with Gasteiger partial charge in [-0.15, -0.1) is 0 Å². The highest BCUT2D eigenvalue weighted by Gasteiger charge is 2.31. The molecule has 0 unspecified atom stereocenters. The van der Waals surface area contributed by atoms with Gasteiger partial charge in [-0.2, -0.15) is 22.1 Å². The molecule has 12 heteroatoms. The highest BCUT2D eigenvalue weighted by atomic mass is 35.5. The van der Waals surface area contributed by atoms with Crippen LogP contribution in [0.1, 0.15) is 13.8 Å². The average molecular weight is 456 g/mol. The Morgan fingerprint density at radius 3 is 2.50 bits per heavy atom. The van der Waals surface area contributed by atoms with Crippen molar-refractivity contribution < 1.29 is 13.2 Å². The topological polar surface area (TPSA) is 104 Å². The van der Waals surface area contributed by atoms with Gasteiger partial charge in [-0.05, 0) is 18.2 Å². The Morgan fingerprint density at radius 1 is 1.20 bits per heavy atom. The molecule has 1 N–H and O–H groups in total. The second-order valence-electron chi connectivity index (χ2n) is 6.82. The van der Waals surface area contributed by atoms with Crippen LogP contribution in [0.4, 0.5) is 5.69 Å². The molecule has 0 radical (unpaired) electrons. The van der Waals surface area contributed by atoms with Crippen molar-refractivity contribution in [2.45, 2.75) is 13.8 Å². The number of nitrogens with zero attached hydrogens (tertiary/aromatic N) is 6. The van der Waals surface area contributed by atoms with E-state index in [1.165, 1.54) is 21.3 Å². The van der Waals surface area contributed by atoms with Crippen molar-refractivity contribution in [1.82, 2.24) is 28.3 Å². The molecular weight excluding hydrogens is 430 g/mol. The van der Waals surface area contributed by atoms with Crippen LogP contribution in [0.2, 0.25) is 5.02 Å². The molecule has 2 heterocycles. The lowest BCUT2D eigenvalue weighted by Crippen LogP contribution is -2.54. The number of rotatable bonds is 8. The number of piperazine rings is 1. The van der Waals surface area contributed by atoms with Gasteiger partial charge in [-0.25, -0.2) is 9.67 Å². The molecular formula is C18H26ClN7O3S. The predicted octanol–water partition coefficient (Wildman–Crippen LogP) is 1.06. The Morgan fingerprint density at radius 2 is 1.90 bits per heavy atom. The third-order valence-electron chi connectivity index (χ3n) is 4.95. The molecule has 2 aromatic rings. The SMILES string of the molecule is CCN(CC)S(=O)(=O)N1CCN(CC(=O)Nc2cc(Cl)ccc2-n2cncn2)CC1. The lowest BCUT2D eigenvalue weighted by Gasteiger charge is -2.35. The molecule has 0 bridgehead atoms. The predicted molar refractivity (Wildman–Crippen MR) is 115 cm³/mol. The van der Waals surface area contributed by atoms with Crippen molar-refractivity contribution in [3.63, 3.8) is 0 Å². The fraction of sp³-hybridized carbons (Fsp3) is 0.500. The fourth-order valence-corrected chi connectivity index (χ4v) is 5.14. The molecule has 164 valence electrons. The largest absolute Gasteiger partial charge is 0.323 e. The number of anilines is 1. The molecule has 10 nitrogen and oxygen atoms in total. The summed E-state index contributed by atoms with van der Waals surface area (Å²) in [6.07, 6.45) is 2.94. The van der Waals surface area contributed by atoms with Gasteiger partial charge in [-0.3, -0.25) is 9.69 Å². The monoisotopic (exact) mass is 455 g/mol. The summed E-state index contributed by atoms with van der Waals surface area (Å²) in [5.41, 5.74) is 1.18. The smallest absolute Gasteiger partial charge is 0.282 e. The van der Waals surface area contributed by atoms with Crippen molar-refractivity contribution in [1.29, 1.82) is 0 Å². The van der Waals surface area contributed by atoms with Gasteiger partial charge in [0.05, 0.1) is 17.9 Å². The molecule has 0 atom stereocenters. The number of amides is 1. The van der Waals surface area contributed by atoms with Crippen molar-refractivity contribution >= 4 is 33.4 Å². The van der Waals surface area contributed by atoms with E-state index in [0.717, 1.165) is 0 Å². The van der Waals surface area contributed by atoms with Gasteiger partial charge < -0.3 is 5.32 Å². The van der Waals surface area contributed by atoms with Crippen molar-refractivity contribution in [3.05, 3.63) is 35.9 Å². The average Bonchev–Trinajstić information content (AvgIpc) is 3.23. The summed E-state index contributed by atoms with van der Waals surface area (Å²) in [5, 5.41) is 7.45. The van der Waals surface area contributed by atoms with Crippen LogP contribution in [-0.4, -0.2) is 88.4 Å². The van der Waals surface area contributed by atoms with Crippen LogP contribution >= 0.6 is 11.6 Å². The first-order valence-corrected chi connectivity index (χ1v) is 11.5. The van der Waals surface area contributed by atoms with Gasteiger partial charge in [0, 0.05) is 44.3 Å². The number of carbonyl (C=O) groups is 1. The van der Waals surface area contributed by atoms with E-state index in [9.17, 15) is 13.2 Å². The van der Waals surface area contributed by atoms with Crippen molar-refractivity contribution in [3.8, 4) is 5.69 Å². The van der Waals surface area contributed by atoms with Gasteiger partial charge in [-0.1, -0.05) is 25.4 Å². The Bertz CT molecular complexity index is 956. The quantitative estimate of drug-likeness (QED) is 0.638. The van der Waals surface area contributed by atoms with Crippen LogP contribution in [0.15, 0.2) is 30.9 Å². The minimum atomic E-state index is -3.45. The minimum absolute atomic E-state index is 0.155. The minimum Gasteiger partial charge on any atom is -0.323 e. The summed E-state index contributed by atoms with van der Waals surface area (Å²) in [6, 6.07) is 5.12. The molecule has 0 saturated carbocycles.